The third kappa shape index (κ3) is 9.35. The topological polar surface area (TPSA) is 209 Å². The molecule has 0 radical (unpaired) electrons. The van der Waals surface area contributed by atoms with Gasteiger partial charge in [-0.1, -0.05) is 48.5 Å². The number of fused-ring (bicyclic) bond motifs is 1. The fourth-order valence-corrected chi connectivity index (χ4v) is 4.89. The summed E-state index contributed by atoms with van der Waals surface area (Å²) in [5.74, 6) is -3.89. The van der Waals surface area contributed by atoms with Gasteiger partial charge in [0.15, 0.2) is 0 Å². The van der Waals surface area contributed by atoms with Crippen LogP contribution in [0.4, 0.5) is 0 Å². The lowest BCUT2D eigenvalue weighted by Gasteiger charge is -2.25. The SMILES string of the molecule is CSCC[C@@H](NC(=O)[C@@H](N)Cc1c[nH]c2ccccc12)C(=O)N[C@@H](CC(=O)O)C(=O)N[C@@H](Cc1ccccc1)C(N)=O. The Hall–Kier alpha value is -4.36. The normalized spacial score (nSPS) is 13.9. The molecule has 1 heterocycles. The van der Waals surface area contributed by atoms with Crippen LogP contribution in [0.3, 0.4) is 0 Å². The molecular weight excluding hydrogens is 560 g/mol. The standard InChI is InChI=1S/C29H36N6O6S/c1-42-12-11-22(33-27(39)20(30)14-18-16-32-21-10-6-5-9-19(18)21)28(40)35-24(15-25(36)37)29(41)34-23(26(31)38)13-17-7-3-2-4-8-17/h2-10,16,20,22-24,32H,11-15,30H2,1H3,(H2,31,38)(H,33,39)(H,34,41)(H,35,40)(H,36,37)/t20-,22+,23-,24-/m0/s1. The second-order valence-corrected chi connectivity index (χ2v) is 10.8. The summed E-state index contributed by atoms with van der Waals surface area (Å²) in [7, 11) is 0. The van der Waals surface area contributed by atoms with Gasteiger partial charge < -0.3 is 37.5 Å². The van der Waals surface area contributed by atoms with Gasteiger partial charge in [-0.25, -0.2) is 0 Å². The number of nitrogens with one attached hydrogen (secondary N) is 4. The third-order valence-corrected chi connectivity index (χ3v) is 7.29. The van der Waals surface area contributed by atoms with Gasteiger partial charge in [-0.15, -0.1) is 0 Å². The largest absolute Gasteiger partial charge is 0.481 e. The van der Waals surface area contributed by atoms with Crippen LogP contribution in [0.2, 0.25) is 0 Å². The lowest BCUT2D eigenvalue weighted by molar-refractivity contribution is -0.141. The summed E-state index contributed by atoms with van der Waals surface area (Å²) in [4.78, 5) is 66.1. The molecule has 3 rings (SSSR count). The second-order valence-electron chi connectivity index (χ2n) is 9.83. The first-order chi connectivity index (χ1) is 20.1. The Labute approximate surface area is 247 Å². The molecule has 0 bridgehead atoms. The molecule has 0 aliphatic rings. The summed E-state index contributed by atoms with van der Waals surface area (Å²) in [6.07, 6.45) is 3.36. The Morgan fingerprint density at radius 3 is 2.14 bits per heavy atom. The molecule has 0 saturated carbocycles. The van der Waals surface area contributed by atoms with Gasteiger partial charge in [0.2, 0.25) is 23.6 Å². The number of carbonyl (C=O) groups excluding carboxylic acids is 4. The number of benzene rings is 2. The van der Waals surface area contributed by atoms with Crippen molar-refractivity contribution in [2.24, 2.45) is 11.5 Å². The van der Waals surface area contributed by atoms with Crippen molar-refractivity contribution in [3.63, 3.8) is 0 Å². The number of nitrogens with two attached hydrogens (primary N) is 2. The zero-order valence-corrected chi connectivity index (χ0v) is 24.0. The van der Waals surface area contributed by atoms with E-state index in [2.05, 4.69) is 20.9 Å². The fourth-order valence-electron chi connectivity index (χ4n) is 4.41. The van der Waals surface area contributed by atoms with Crippen LogP contribution >= 0.6 is 11.8 Å². The Balaban J connectivity index is 1.69. The number of carbonyl (C=O) groups is 5. The second kappa shape index (κ2) is 15.6. The van der Waals surface area contributed by atoms with E-state index in [9.17, 15) is 29.1 Å². The van der Waals surface area contributed by atoms with E-state index in [1.54, 1.807) is 36.5 Å². The van der Waals surface area contributed by atoms with Gasteiger partial charge in [0.25, 0.3) is 0 Å². The zero-order valence-electron chi connectivity index (χ0n) is 23.2. The number of aliphatic carboxylic acids is 1. The van der Waals surface area contributed by atoms with Crippen molar-refractivity contribution in [3.05, 3.63) is 71.9 Å². The summed E-state index contributed by atoms with van der Waals surface area (Å²) in [6.45, 7) is 0. The minimum Gasteiger partial charge on any atom is -0.481 e. The average Bonchev–Trinajstić information content (AvgIpc) is 3.37. The maximum absolute atomic E-state index is 13.3. The number of aromatic amines is 1. The minimum absolute atomic E-state index is 0.0797. The minimum atomic E-state index is -1.53. The summed E-state index contributed by atoms with van der Waals surface area (Å²) in [6, 6.07) is 11.7. The summed E-state index contributed by atoms with van der Waals surface area (Å²) in [5.41, 5.74) is 14.1. The number of carboxylic acids is 1. The van der Waals surface area contributed by atoms with Gasteiger partial charge in [0.1, 0.15) is 18.1 Å². The van der Waals surface area contributed by atoms with E-state index in [0.717, 1.165) is 22.0 Å². The molecular formula is C29H36N6O6S. The van der Waals surface area contributed by atoms with Crippen LogP contribution in [-0.4, -0.2) is 75.9 Å². The Morgan fingerprint density at radius 1 is 0.857 bits per heavy atom. The van der Waals surface area contributed by atoms with Crippen molar-refractivity contribution in [1.82, 2.24) is 20.9 Å². The van der Waals surface area contributed by atoms with E-state index < -0.39 is 60.2 Å². The van der Waals surface area contributed by atoms with Crippen LogP contribution in [0.25, 0.3) is 10.9 Å². The number of para-hydroxylation sites is 1. The summed E-state index contributed by atoms with van der Waals surface area (Å²) in [5, 5.41) is 17.9. The molecule has 224 valence electrons. The number of carboxylic acid groups (broad SMARTS) is 1. The molecule has 0 fully saturated rings. The highest BCUT2D eigenvalue weighted by Crippen LogP contribution is 2.19. The zero-order chi connectivity index (χ0) is 30.6. The van der Waals surface area contributed by atoms with Crippen LogP contribution in [0, 0.1) is 0 Å². The highest BCUT2D eigenvalue weighted by molar-refractivity contribution is 7.98. The highest BCUT2D eigenvalue weighted by atomic mass is 32.2. The van der Waals surface area contributed by atoms with E-state index in [1.165, 1.54) is 11.8 Å². The van der Waals surface area contributed by atoms with Crippen LogP contribution in [0.5, 0.6) is 0 Å². The van der Waals surface area contributed by atoms with Crippen molar-refractivity contribution < 1.29 is 29.1 Å². The Bertz CT molecular complexity index is 1400. The number of thioether (sulfide) groups is 1. The first kappa shape index (κ1) is 32.2. The molecule has 0 unspecified atom stereocenters. The van der Waals surface area contributed by atoms with Crippen molar-refractivity contribution in [2.45, 2.75) is 49.9 Å². The number of amides is 4. The number of aromatic nitrogens is 1. The maximum atomic E-state index is 13.3. The summed E-state index contributed by atoms with van der Waals surface area (Å²) >= 11 is 1.44. The Morgan fingerprint density at radius 2 is 1.48 bits per heavy atom. The van der Waals surface area contributed by atoms with Crippen LogP contribution < -0.4 is 27.4 Å². The van der Waals surface area contributed by atoms with Gasteiger partial charge in [0, 0.05) is 23.5 Å². The molecule has 0 aliphatic carbocycles. The number of primary amides is 1. The number of rotatable bonds is 16. The fraction of sp³-hybridized carbons (Fsp3) is 0.345. The van der Waals surface area contributed by atoms with Crippen molar-refractivity contribution in [2.75, 3.05) is 12.0 Å². The molecule has 0 saturated heterocycles. The van der Waals surface area contributed by atoms with E-state index in [4.69, 9.17) is 11.5 Å². The van der Waals surface area contributed by atoms with E-state index in [-0.39, 0.29) is 19.3 Å². The van der Waals surface area contributed by atoms with Crippen molar-refractivity contribution in [3.8, 4) is 0 Å². The van der Waals surface area contributed by atoms with Gasteiger partial charge >= 0.3 is 5.97 Å². The lowest BCUT2D eigenvalue weighted by atomic mass is 10.0. The highest BCUT2D eigenvalue weighted by Gasteiger charge is 2.31. The Kier molecular flexibility index (Phi) is 11.9. The van der Waals surface area contributed by atoms with E-state index in [1.807, 2.05) is 30.5 Å². The lowest BCUT2D eigenvalue weighted by Crippen LogP contribution is -2.58. The third-order valence-electron chi connectivity index (χ3n) is 6.65. The van der Waals surface area contributed by atoms with Crippen molar-refractivity contribution in [1.29, 1.82) is 0 Å². The number of H-pyrrole nitrogens is 1. The van der Waals surface area contributed by atoms with Gasteiger partial charge in [-0.3, -0.25) is 24.0 Å². The molecule has 42 heavy (non-hydrogen) atoms. The summed E-state index contributed by atoms with van der Waals surface area (Å²) < 4.78 is 0. The molecule has 12 nitrogen and oxygen atoms in total. The van der Waals surface area contributed by atoms with E-state index >= 15 is 0 Å². The molecule has 4 amide bonds. The molecule has 4 atom stereocenters. The molecule has 3 aromatic rings. The smallest absolute Gasteiger partial charge is 0.305 e. The monoisotopic (exact) mass is 596 g/mol. The number of hydrogen-bond donors (Lipinski definition) is 7. The predicted molar refractivity (Wildman–Crippen MR) is 160 cm³/mol. The molecule has 13 heteroatoms. The molecule has 1 aromatic heterocycles. The van der Waals surface area contributed by atoms with Crippen LogP contribution in [0.15, 0.2) is 60.8 Å². The maximum Gasteiger partial charge on any atom is 0.305 e. The molecule has 0 spiro atoms. The number of hydrogen-bond acceptors (Lipinski definition) is 7. The van der Waals surface area contributed by atoms with Gasteiger partial charge in [0.05, 0.1) is 12.5 Å². The van der Waals surface area contributed by atoms with Crippen molar-refractivity contribution >= 4 is 52.3 Å². The first-order valence-corrected chi connectivity index (χ1v) is 14.7. The molecule has 0 aliphatic heterocycles. The van der Waals surface area contributed by atoms with Gasteiger partial charge in [-0.05, 0) is 42.0 Å². The average molecular weight is 597 g/mol. The van der Waals surface area contributed by atoms with E-state index in [0.29, 0.717) is 5.75 Å². The molecule has 9 N–H and O–H groups in total. The molecule has 2 aromatic carbocycles. The first-order valence-electron chi connectivity index (χ1n) is 13.3. The van der Waals surface area contributed by atoms with Crippen LogP contribution in [-0.2, 0) is 36.8 Å². The predicted octanol–water partition coefficient (Wildman–Crippen LogP) is 0.448. The van der Waals surface area contributed by atoms with Gasteiger partial charge in [-0.2, -0.15) is 11.8 Å². The quantitative estimate of drug-likeness (QED) is 0.123. The van der Waals surface area contributed by atoms with Crippen LogP contribution in [0.1, 0.15) is 24.0 Å².